The molecule has 0 aliphatic heterocycles. The van der Waals surface area contributed by atoms with Gasteiger partial charge in [-0.15, -0.1) is 12.6 Å². The third kappa shape index (κ3) is 9.31. The summed E-state index contributed by atoms with van der Waals surface area (Å²) in [5.41, 5.74) is 3.09. The summed E-state index contributed by atoms with van der Waals surface area (Å²) < 4.78 is 0.453. The molecule has 2 rings (SSSR count). The van der Waals surface area contributed by atoms with E-state index in [1.54, 1.807) is 0 Å². The van der Waals surface area contributed by atoms with E-state index in [4.69, 9.17) is 12.2 Å². The van der Waals surface area contributed by atoms with Crippen LogP contribution in [0.25, 0.3) is 11.4 Å². The van der Waals surface area contributed by atoms with Crippen LogP contribution in [-0.2, 0) is 6.42 Å². The van der Waals surface area contributed by atoms with E-state index in [1.165, 1.54) is 38.0 Å². The van der Waals surface area contributed by atoms with Crippen LogP contribution in [-0.4, -0.2) is 38.8 Å². The van der Waals surface area contributed by atoms with Crippen LogP contribution in [0.15, 0.2) is 36.7 Å². The van der Waals surface area contributed by atoms with Gasteiger partial charge < -0.3 is 10.2 Å². The Morgan fingerprint density at radius 3 is 1.96 bits per heavy atom. The van der Waals surface area contributed by atoms with E-state index in [-0.39, 0.29) is 0 Å². The maximum Gasteiger partial charge on any atom is 0.159 e. The highest BCUT2D eigenvalue weighted by molar-refractivity contribution is 8.11. The Kier molecular flexibility index (Phi) is 11.9. The van der Waals surface area contributed by atoms with Crippen LogP contribution in [0, 0.1) is 0 Å². The number of benzene rings is 1. The molecular weight excluding hydrogens is 372 g/mol. The van der Waals surface area contributed by atoms with E-state index in [0.29, 0.717) is 4.32 Å². The van der Waals surface area contributed by atoms with E-state index in [0.717, 1.165) is 23.5 Å². The van der Waals surface area contributed by atoms with Crippen LogP contribution in [0.5, 0.6) is 0 Å². The number of hydrogen-bond donors (Lipinski definition) is 2. The molecule has 148 valence electrons. The maximum atomic E-state index is 4.88. The number of thiocarbonyl (C=S) groups is 1. The fourth-order valence-corrected chi connectivity index (χ4v) is 2.76. The summed E-state index contributed by atoms with van der Waals surface area (Å²) in [6.07, 6.45) is 7.22. The molecule has 0 saturated heterocycles. The lowest BCUT2D eigenvalue weighted by Crippen LogP contribution is -2.21. The maximum absolute atomic E-state index is 4.88. The Bertz CT molecular complexity index is 647. The van der Waals surface area contributed by atoms with E-state index in [9.17, 15) is 0 Å². The van der Waals surface area contributed by atoms with Crippen molar-refractivity contribution >= 4 is 34.9 Å². The Morgan fingerprint density at radius 1 is 1.00 bits per heavy atom. The van der Waals surface area contributed by atoms with Gasteiger partial charge in [0.05, 0.1) is 0 Å². The minimum atomic E-state index is 0.453. The zero-order valence-corrected chi connectivity index (χ0v) is 18.6. The van der Waals surface area contributed by atoms with Crippen LogP contribution in [0.4, 0.5) is 5.69 Å². The van der Waals surface area contributed by atoms with Crippen molar-refractivity contribution < 1.29 is 0 Å². The highest BCUT2D eigenvalue weighted by Gasteiger charge is 2.02. The lowest BCUT2D eigenvalue weighted by atomic mass is 10.1. The molecule has 6 heteroatoms. The van der Waals surface area contributed by atoms with Crippen LogP contribution in [0.3, 0.4) is 0 Å². The second-order valence-electron chi connectivity index (χ2n) is 6.15. The lowest BCUT2D eigenvalue weighted by Gasteiger charge is -2.13. The Morgan fingerprint density at radius 2 is 1.56 bits per heavy atom. The second kappa shape index (κ2) is 13.6. The van der Waals surface area contributed by atoms with Crippen LogP contribution in [0.2, 0.25) is 0 Å². The van der Waals surface area contributed by atoms with Crippen LogP contribution >= 0.6 is 24.8 Å². The van der Waals surface area contributed by atoms with Crippen molar-refractivity contribution in [3.63, 3.8) is 0 Å². The molecule has 0 radical (unpaired) electrons. The van der Waals surface area contributed by atoms with Gasteiger partial charge in [-0.1, -0.05) is 46.3 Å². The van der Waals surface area contributed by atoms with Crippen molar-refractivity contribution in [2.45, 2.75) is 47.0 Å². The molecule has 0 bridgehead atoms. The molecule has 0 saturated carbocycles. The van der Waals surface area contributed by atoms with Gasteiger partial charge in [-0.05, 0) is 62.3 Å². The molecule has 0 fully saturated rings. The number of nitrogens with zero attached hydrogens (tertiary/aromatic N) is 3. The lowest BCUT2D eigenvalue weighted by molar-refractivity contribution is 0.321. The van der Waals surface area contributed by atoms with Crippen molar-refractivity contribution in [3.8, 4) is 11.4 Å². The second-order valence-corrected chi connectivity index (χ2v) is 7.30. The number of aryl methyl sites for hydroxylation is 1. The summed E-state index contributed by atoms with van der Waals surface area (Å²) in [7, 11) is 0. The molecule has 1 aromatic heterocycles. The molecule has 0 aliphatic rings. The highest BCUT2D eigenvalue weighted by Crippen LogP contribution is 2.18. The minimum Gasteiger partial charge on any atom is -0.341 e. The van der Waals surface area contributed by atoms with Gasteiger partial charge in [0, 0.05) is 23.6 Å². The molecule has 1 aromatic carbocycles. The SMILES string of the molecule is CCCCc1cnc(-c2ccc(NC(=S)S)cc2)nc1.CCN(CC)CC. The molecule has 27 heavy (non-hydrogen) atoms. The fourth-order valence-electron chi connectivity index (χ4n) is 2.51. The largest absolute Gasteiger partial charge is 0.341 e. The Hall–Kier alpha value is -1.50. The topological polar surface area (TPSA) is 41.1 Å². The first-order valence-electron chi connectivity index (χ1n) is 9.67. The molecule has 1 N–H and O–H groups in total. The molecule has 4 nitrogen and oxygen atoms in total. The first-order chi connectivity index (χ1) is 13.0. The van der Waals surface area contributed by atoms with Crippen LogP contribution in [0.1, 0.15) is 46.1 Å². The van der Waals surface area contributed by atoms with Crippen molar-refractivity contribution in [1.29, 1.82) is 0 Å². The predicted molar refractivity (Wildman–Crippen MR) is 125 cm³/mol. The number of nitrogens with one attached hydrogen (secondary N) is 1. The summed E-state index contributed by atoms with van der Waals surface area (Å²) in [6, 6.07) is 7.81. The number of anilines is 1. The summed E-state index contributed by atoms with van der Waals surface area (Å²) in [4.78, 5) is 11.2. The average Bonchev–Trinajstić information content (AvgIpc) is 2.69. The molecule has 0 spiro atoms. The van der Waals surface area contributed by atoms with Crippen molar-refractivity contribution in [1.82, 2.24) is 14.9 Å². The van der Waals surface area contributed by atoms with Crippen LogP contribution < -0.4 is 5.32 Å². The van der Waals surface area contributed by atoms with Gasteiger partial charge in [-0.2, -0.15) is 0 Å². The predicted octanol–water partition coefficient (Wildman–Crippen LogP) is 5.46. The van der Waals surface area contributed by atoms with Gasteiger partial charge in [0.1, 0.15) is 4.32 Å². The van der Waals surface area contributed by atoms with Gasteiger partial charge >= 0.3 is 0 Å². The Labute approximate surface area is 175 Å². The third-order valence-corrected chi connectivity index (χ3v) is 4.47. The number of rotatable bonds is 8. The number of aromatic nitrogens is 2. The van der Waals surface area contributed by atoms with Gasteiger partial charge in [0.15, 0.2) is 5.82 Å². The first kappa shape index (κ1) is 23.5. The summed E-state index contributed by atoms with van der Waals surface area (Å²) >= 11 is 8.92. The van der Waals surface area contributed by atoms with E-state index >= 15 is 0 Å². The Balaban J connectivity index is 0.000000445. The number of hydrogen-bond acceptors (Lipinski definition) is 4. The van der Waals surface area contributed by atoms with E-state index in [2.05, 4.69) is 60.5 Å². The van der Waals surface area contributed by atoms with Gasteiger partial charge in [-0.3, -0.25) is 0 Å². The summed E-state index contributed by atoms with van der Waals surface area (Å²) in [5, 5.41) is 2.97. The molecule has 1 heterocycles. The average molecular weight is 405 g/mol. The smallest absolute Gasteiger partial charge is 0.159 e. The molecule has 0 amide bonds. The summed E-state index contributed by atoms with van der Waals surface area (Å²) in [6.45, 7) is 12.3. The van der Waals surface area contributed by atoms with E-state index in [1.807, 2.05) is 36.7 Å². The van der Waals surface area contributed by atoms with Crippen molar-refractivity contribution in [2.75, 3.05) is 25.0 Å². The highest BCUT2D eigenvalue weighted by atomic mass is 32.1. The minimum absolute atomic E-state index is 0.453. The molecule has 0 unspecified atom stereocenters. The molecular formula is C21H32N4S2. The third-order valence-electron chi connectivity index (χ3n) is 4.26. The van der Waals surface area contributed by atoms with Crippen molar-refractivity contribution in [2.24, 2.45) is 0 Å². The fraction of sp³-hybridized carbons (Fsp3) is 0.476. The zero-order valence-electron chi connectivity index (χ0n) is 16.9. The molecule has 2 aromatic rings. The standard InChI is InChI=1S/C15H17N3S2.C6H15N/c1-2-3-4-11-9-16-14(17-10-11)12-5-7-13(8-6-12)18-15(19)20;1-4-7(5-2)6-3/h5-10H,2-4H2,1H3,(H2,18,19,20);4-6H2,1-3H3. The number of unbranched alkanes of at least 4 members (excludes halogenated alkanes) is 1. The first-order valence-corrected chi connectivity index (χ1v) is 10.5. The van der Waals surface area contributed by atoms with Gasteiger partial charge in [0.25, 0.3) is 0 Å². The van der Waals surface area contributed by atoms with Crippen molar-refractivity contribution in [3.05, 3.63) is 42.2 Å². The van der Waals surface area contributed by atoms with Gasteiger partial charge in [0.2, 0.25) is 0 Å². The van der Waals surface area contributed by atoms with Gasteiger partial charge in [-0.25, -0.2) is 9.97 Å². The van der Waals surface area contributed by atoms with E-state index < -0.39 is 0 Å². The molecule has 0 aliphatic carbocycles. The normalized spacial score (nSPS) is 10.3. The monoisotopic (exact) mass is 404 g/mol. The quantitative estimate of drug-likeness (QED) is 0.451. The zero-order chi connectivity index (χ0) is 20.1. The summed E-state index contributed by atoms with van der Waals surface area (Å²) in [5.74, 6) is 0.741. The molecule has 0 atom stereocenters. The number of thiol groups is 1.